The van der Waals surface area contributed by atoms with Crippen LogP contribution in [0.3, 0.4) is 0 Å². The zero-order chi connectivity index (χ0) is 19.0. The summed E-state index contributed by atoms with van der Waals surface area (Å²) in [5.41, 5.74) is 1.34. The first-order chi connectivity index (χ1) is 11.7. The van der Waals surface area contributed by atoms with Crippen LogP contribution < -0.4 is 10.6 Å². The molecule has 0 aliphatic carbocycles. The van der Waals surface area contributed by atoms with Gasteiger partial charge in [0.05, 0.1) is 11.4 Å². The molecule has 1 aromatic carbocycles. The molecule has 0 saturated heterocycles. The zero-order valence-corrected chi connectivity index (χ0v) is 16.6. The van der Waals surface area contributed by atoms with E-state index in [4.69, 9.17) is 0 Å². The molecule has 0 bridgehead atoms. The van der Waals surface area contributed by atoms with Gasteiger partial charge in [-0.15, -0.1) is 0 Å². The third kappa shape index (κ3) is 6.39. The van der Waals surface area contributed by atoms with E-state index >= 15 is 0 Å². The summed E-state index contributed by atoms with van der Waals surface area (Å²) in [5, 5.41) is 5.85. The van der Waals surface area contributed by atoms with Crippen molar-refractivity contribution in [2.24, 2.45) is 0 Å². The molecule has 0 atom stereocenters. The van der Waals surface area contributed by atoms with Crippen LogP contribution in [0.1, 0.15) is 19.4 Å². The van der Waals surface area contributed by atoms with Crippen molar-refractivity contribution in [3.05, 3.63) is 23.8 Å². The fourth-order valence-electron chi connectivity index (χ4n) is 2.31. The summed E-state index contributed by atoms with van der Waals surface area (Å²) in [6, 6.07) is 4.82. The van der Waals surface area contributed by atoms with E-state index in [9.17, 15) is 13.2 Å². The monoisotopic (exact) mass is 370 g/mol. The number of anilines is 1. The maximum atomic E-state index is 12.6. The van der Waals surface area contributed by atoms with Gasteiger partial charge in [0.1, 0.15) is 0 Å². The van der Waals surface area contributed by atoms with E-state index in [1.54, 1.807) is 26.0 Å². The van der Waals surface area contributed by atoms with Crippen LogP contribution in [0.5, 0.6) is 0 Å². The number of carbonyl (C=O) groups excluding carboxylic acids is 1. The van der Waals surface area contributed by atoms with Crippen molar-refractivity contribution >= 4 is 21.6 Å². The van der Waals surface area contributed by atoms with Gasteiger partial charge in [-0.3, -0.25) is 4.79 Å². The lowest BCUT2D eigenvalue weighted by molar-refractivity contribution is -0.115. The van der Waals surface area contributed by atoms with E-state index in [0.29, 0.717) is 25.3 Å². The minimum atomic E-state index is -3.55. The summed E-state index contributed by atoms with van der Waals surface area (Å²) in [4.78, 5) is 14.3. The summed E-state index contributed by atoms with van der Waals surface area (Å²) in [5.74, 6) is -0.195. The van der Waals surface area contributed by atoms with Crippen molar-refractivity contribution in [1.82, 2.24) is 14.5 Å². The lowest BCUT2D eigenvalue weighted by Gasteiger charge is -2.19. The number of aryl methyl sites for hydroxylation is 1. The predicted molar refractivity (Wildman–Crippen MR) is 101 cm³/mol. The number of nitrogens with one attached hydrogen (secondary N) is 2. The molecule has 0 aliphatic heterocycles. The van der Waals surface area contributed by atoms with Crippen molar-refractivity contribution in [1.29, 1.82) is 0 Å². The van der Waals surface area contributed by atoms with Crippen LogP contribution >= 0.6 is 0 Å². The number of carbonyl (C=O) groups is 1. The molecule has 7 nitrogen and oxygen atoms in total. The Bertz CT molecular complexity index is 670. The van der Waals surface area contributed by atoms with E-state index in [0.717, 1.165) is 12.1 Å². The molecule has 1 rings (SSSR count). The van der Waals surface area contributed by atoms with Crippen molar-refractivity contribution in [3.63, 3.8) is 0 Å². The van der Waals surface area contributed by atoms with Crippen molar-refractivity contribution < 1.29 is 13.2 Å². The highest BCUT2D eigenvalue weighted by molar-refractivity contribution is 7.89. The third-order valence-corrected chi connectivity index (χ3v) is 5.89. The van der Waals surface area contributed by atoms with Crippen LogP contribution in [-0.2, 0) is 14.8 Å². The second-order valence-electron chi connectivity index (χ2n) is 6.09. The van der Waals surface area contributed by atoms with Gasteiger partial charge >= 0.3 is 0 Å². The summed E-state index contributed by atoms with van der Waals surface area (Å²) in [6.07, 6.45) is 0. The minimum Gasteiger partial charge on any atom is -0.325 e. The molecule has 0 aromatic heterocycles. The standard InChI is InChI=1S/C17H30N4O3S/c1-6-21(7-2)25(23,24)15-9-8-14(3)16(12-15)19-17(22)13-18-10-11-20(4)5/h8-9,12,18H,6-7,10-11,13H2,1-5H3,(H,19,22). The number of hydrogen-bond donors (Lipinski definition) is 2. The van der Waals surface area contributed by atoms with E-state index in [-0.39, 0.29) is 17.3 Å². The van der Waals surface area contributed by atoms with Gasteiger partial charge in [0.2, 0.25) is 15.9 Å². The summed E-state index contributed by atoms with van der Waals surface area (Å²) >= 11 is 0. The molecule has 0 heterocycles. The quantitative estimate of drug-likeness (QED) is 0.603. The molecule has 1 aromatic rings. The number of likely N-dealkylation sites (N-methyl/N-ethyl adjacent to an activating group) is 1. The normalized spacial score (nSPS) is 12.0. The smallest absolute Gasteiger partial charge is 0.243 e. The van der Waals surface area contributed by atoms with Gasteiger partial charge in [0.15, 0.2) is 0 Å². The molecule has 8 heteroatoms. The molecule has 0 aliphatic rings. The molecule has 0 spiro atoms. The van der Waals surface area contributed by atoms with Gasteiger partial charge in [-0.25, -0.2) is 8.42 Å². The van der Waals surface area contributed by atoms with Gasteiger partial charge in [-0.05, 0) is 38.7 Å². The first-order valence-corrected chi connectivity index (χ1v) is 9.92. The van der Waals surface area contributed by atoms with Crippen LogP contribution in [0.4, 0.5) is 5.69 Å². The Hall–Kier alpha value is -1.48. The molecule has 0 saturated carbocycles. The predicted octanol–water partition coefficient (Wildman–Crippen LogP) is 1.12. The van der Waals surface area contributed by atoms with Gasteiger partial charge < -0.3 is 15.5 Å². The average molecular weight is 371 g/mol. The molecular weight excluding hydrogens is 340 g/mol. The highest BCUT2D eigenvalue weighted by atomic mass is 32.2. The number of amides is 1. The van der Waals surface area contributed by atoms with E-state index < -0.39 is 10.0 Å². The van der Waals surface area contributed by atoms with E-state index in [1.807, 2.05) is 25.9 Å². The maximum Gasteiger partial charge on any atom is 0.243 e. The first kappa shape index (κ1) is 21.6. The SMILES string of the molecule is CCN(CC)S(=O)(=O)c1ccc(C)c(NC(=O)CNCCN(C)C)c1. The molecular formula is C17H30N4O3S. The second-order valence-corrected chi connectivity index (χ2v) is 8.03. The number of rotatable bonds is 10. The topological polar surface area (TPSA) is 81.8 Å². The first-order valence-electron chi connectivity index (χ1n) is 8.48. The Kier molecular flexibility index (Phi) is 8.51. The highest BCUT2D eigenvalue weighted by Crippen LogP contribution is 2.22. The van der Waals surface area contributed by atoms with Crippen molar-refractivity contribution in [2.75, 3.05) is 52.1 Å². The largest absolute Gasteiger partial charge is 0.325 e. The molecule has 1 amide bonds. The van der Waals surface area contributed by atoms with Crippen LogP contribution in [0.25, 0.3) is 0 Å². The Labute approximate surface area is 151 Å². The lowest BCUT2D eigenvalue weighted by Crippen LogP contribution is -2.33. The third-order valence-electron chi connectivity index (χ3n) is 3.85. The Morgan fingerprint density at radius 2 is 1.80 bits per heavy atom. The van der Waals surface area contributed by atoms with Gasteiger partial charge in [-0.1, -0.05) is 19.9 Å². The summed E-state index contributed by atoms with van der Waals surface area (Å²) in [7, 11) is 0.385. The summed E-state index contributed by atoms with van der Waals surface area (Å²) in [6.45, 7) is 7.98. The number of hydrogen-bond acceptors (Lipinski definition) is 5. The number of benzene rings is 1. The van der Waals surface area contributed by atoms with Crippen molar-refractivity contribution in [3.8, 4) is 0 Å². The molecule has 0 fully saturated rings. The second kappa shape index (κ2) is 9.86. The molecule has 25 heavy (non-hydrogen) atoms. The van der Waals surface area contributed by atoms with Crippen LogP contribution in [0, 0.1) is 6.92 Å². The summed E-state index contributed by atoms with van der Waals surface area (Å²) < 4.78 is 26.6. The van der Waals surface area contributed by atoms with Gasteiger partial charge in [0.25, 0.3) is 0 Å². The Morgan fingerprint density at radius 1 is 1.16 bits per heavy atom. The fourth-order valence-corrected chi connectivity index (χ4v) is 3.79. The maximum absolute atomic E-state index is 12.6. The fraction of sp³-hybridized carbons (Fsp3) is 0.588. The average Bonchev–Trinajstić information content (AvgIpc) is 2.54. The van der Waals surface area contributed by atoms with Crippen molar-refractivity contribution in [2.45, 2.75) is 25.7 Å². The lowest BCUT2D eigenvalue weighted by atomic mass is 10.2. The highest BCUT2D eigenvalue weighted by Gasteiger charge is 2.22. The number of sulfonamides is 1. The van der Waals surface area contributed by atoms with Crippen LogP contribution in [0.15, 0.2) is 23.1 Å². The van der Waals surface area contributed by atoms with E-state index in [2.05, 4.69) is 10.6 Å². The number of nitrogens with zero attached hydrogens (tertiary/aromatic N) is 2. The van der Waals surface area contributed by atoms with Crippen LogP contribution in [0.2, 0.25) is 0 Å². The zero-order valence-electron chi connectivity index (χ0n) is 15.8. The molecule has 0 unspecified atom stereocenters. The Morgan fingerprint density at radius 3 is 2.36 bits per heavy atom. The minimum absolute atomic E-state index is 0.181. The van der Waals surface area contributed by atoms with Crippen LogP contribution in [-0.4, -0.2) is 70.3 Å². The molecule has 2 N–H and O–H groups in total. The molecule has 0 radical (unpaired) electrons. The molecule has 142 valence electrons. The van der Waals surface area contributed by atoms with E-state index in [1.165, 1.54) is 10.4 Å². The Balaban J connectivity index is 2.83. The van der Waals surface area contributed by atoms with Gasteiger partial charge in [0, 0.05) is 31.9 Å². The van der Waals surface area contributed by atoms with Gasteiger partial charge in [-0.2, -0.15) is 4.31 Å².